The Morgan fingerprint density at radius 2 is 1.85 bits per heavy atom. The van der Waals surface area contributed by atoms with E-state index < -0.39 is 0 Å². The summed E-state index contributed by atoms with van der Waals surface area (Å²) in [6.07, 6.45) is 5.32. The average Bonchev–Trinajstić information content (AvgIpc) is 3.52. The van der Waals surface area contributed by atoms with Crippen molar-refractivity contribution in [2.75, 3.05) is 26.2 Å². The first kappa shape index (κ1) is 21.9. The van der Waals surface area contributed by atoms with Gasteiger partial charge in [0.05, 0.1) is 24.9 Å². The predicted octanol–water partition coefficient (Wildman–Crippen LogP) is 1.88. The Kier molecular flexibility index (Phi) is 6.16. The lowest BCUT2D eigenvalue weighted by molar-refractivity contribution is -0.123. The van der Waals surface area contributed by atoms with E-state index in [9.17, 15) is 14.4 Å². The van der Waals surface area contributed by atoms with E-state index >= 15 is 0 Å². The standard InChI is InChI=1S/C25H27N5O4/c31-22-16-29(13-10-26-22)25(33)23-20-15-28(24(32)19-9-14-34-17-19)12-8-21(20)30(27-23)11-4-7-18-5-2-1-3-6-18/h1-3,5-6,9,14,17H,4,7-8,10-13,15-16H2,(H,26,31). The van der Waals surface area contributed by atoms with Crippen LogP contribution in [0.15, 0.2) is 53.3 Å². The summed E-state index contributed by atoms with van der Waals surface area (Å²) in [5.74, 6) is -0.565. The molecule has 9 nitrogen and oxygen atoms in total. The molecular weight excluding hydrogens is 434 g/mol. The molecule has 0 bridgehead atoms. The summed E-state index contributed by atoms with van der Waals surface area (Å²) in [5.41, 5.74) is 3.86. The molecule has 2 aliphatic rings. The maximum atomic E-state index is 13.4. The molecule has 1 N–H and O–H groups in total. The number of fused-ring (bicyclic) bond motifs is 1. The van der Waals surface area contributed by atoms with Crippen molar-refractivity contribution in [1.82, 2.24) is 24.9 Å². The number of nitrogens with zero attached hydrogens (tertiary/aromatic N) is 4. The number of piperazine rings is 1. The molecule has 0 saturated carbocycles. The van der Waals surface area contributed by atoms with Gasteiger partial charge in [0, 0.05) is 43.9 Å². The smallest absolute Gasteiger partial charge is 0.275 e. The number of nitrogens with one attached hydrogen (secondary N) is 1. The maximum Gasteiger partial charge on any atom is 0.275 e. The van der Waals surface area contributed by atoms with Crippen LogP contribution in [0.2, 0.25) is 0 Å². The minimum Gasteiger partial charge on any atom is -0.472 e. The largest absolute Gasteiger partial charge is 0.472 e. The molecule has 2 aromatic heterocycles. The Morgan fingerprint density at radius 1 is 1.03 bits per heavy atom. The maximum absolute atomic E-state index is 13.4. The Hall–Kier alpha value is -3.88. The van der Waals surface area contributed by atoms with Crippen LogP contribution in [-0.4, -0.2) is 63.5 Å². The van der Waals surface area contributed by atoms with Gasteiger partial charge < -0.3 is 19.5 Å². The van der Waals surface area contributed by atoms with E-state index in [-0.39, 0.29) is 24.3 Å². The molecule has 9 heteroatoms. The number of carbonyl (C=O) groups is 3. The van der Waals surface area contributed by atoms with Gasteiger partial charge in [0.15, 0.2) is 5.69 Å². The van der Waals surface area contributed by atoms with E-state index in [2.05, 4.69) is 17.4 Å². The van der Waals surface area contributed by atoms with Crippen LogP contribution >= 0.6 is 0 Å². The van der Waals surface area contributed by atoms with Gasteiger partial charge >= 0.3 is 0 Å². The molecule has 1 fully saturated rings. The van der Waals surface area contributed by atoms with Gasteiger partial charge in [-0.05, 0) is 24.5 Å². The minimum absolute atomic E-state index is 0.0200. The average molecular weight is 462 g/mol. The number of benzene rings is 1. The van der Waals surface area contributed by atoms with E-state index in [4.69, 9.17) is 9.52 Å². The number of hydrogen-bond acceptors (Lipinski definition) is 5. The molecule has 176 valence electrons. The van der Waals surface area contributed by atoms with E-state index in [1.165, 1.54) is 23.0 Å². The highest BCUT2D eigenvalue weighted by Crippen LogP contribution is 2.26. The molecule has 0 radical (unpaired) electrons. The van der Waals surface area contributed by atoms with Crippen molar-refractivity contribution in [3.05, 3.63) is 77.0 Å². The number of hydrogen-bond donors (Lipinski definition) is 1. The lowest BCUT2D eigenvalue weighted by Gasteiger charge is -2.29. The summed E-state index contributed by atoms with van der Waals surface area (Å²) in [4.78, 5) is 41.4. The quantitative estimate of drug-likeness (QED) is 0.604. The van der Waals surface area contributed by atoms with Crippen LogP contribution in [0.4, 0.5) is 0 Å². The summed E-state index contributed by atoms with van der Waals surface area (Å²) in [7, 11) is 0. The van der Waals surface area contributed by atoms with Gasteiger partial charge in [0.2, 0.25) is 5.91 Å². The molecule has 2 aliphatic heterocycles. The fourth-order valence-electron chi connectivity index (χ4n) is 4.63. The van der Waals surface area contributed by atoms with Crippen LogP contribution in [0.5, 0.6) is 0 Å². The summed E-state index contributed by atoms with van der Waals surface area (Å²) in [6.45, 7) is 2.42. The summed E-state index contributed by atoms with van der Waals surface area (Å²) >= 11 is 0. The van der Waals surface area contributed by atoms with Gasteiger partial charge in [-0.3, -0.25) is 19.1 Å². The molecule has 34 heavy (non-hydrogen) atoms. The molecule has 0 spiro atoms. The number of rotatable bonds is 6. The zero-order valence-corrected chi connectivity index (χ0v) is 18.9. The van der Waals surface area contributed by atoms with Crippen molar-refractivity contribution in [1.29, 1.82) is 0 Å². The molecule has 0 unspecified atom stereocenters. The molecule has 0 aliphatic carbocycles. The monoisotopic (exact) mass is 461 g/mol. The zero-order valence-electron chi connectivity index (χ0n) is 18.9. The van der Waals surface area contributed by atoms with E-state index in [1.54, 1.807) is 11.0 Å². The summed E-state index contributed by atoms with van der Waals surface area (Å²) in [6, 6.07) is 11.9. The molecule has 1 saturated heterocycles. The van der Waals surface area contributed by atoms with Gasteiger partial charge in [0.25, 0.3) is 11.8 Å². The van der Waals surface area contributed by atoms with Gasteiger partial charge in [-0.15, -0.1) is 0 Å². The summed E-state index contributed by atoms with van der Waals surface area (Å²) < 4.78 is 7.00. The van der Waals surface area contributed by atoms with Crippen LogP contribution in [-0.2, 0) is 30.7 Å². The van der Waals surface area contributed by atoms with Crippen molar-refractivity contribution >= 4 is 17.7 Å². The highest BCUT2D eigenvalue weighted by Gasteiger charge is 2.33. The first-order chi connectivity index (χ1) is 16.6. The summed E-state index contributed by atoms with van der Waals surface area (Å²) in [5, 5.41) is 7.46. The van der Waals surface area contributed by atoms with Crippen LogP contribution in [0.25, 0.3) is 0 Å². The molecular formula is C25H27N5O4. The predicted molar refractivity (Wildman–Crippen MR) is 123 cm³/mol. The first-order valence-electron chi connectivity index (χ1n) is 11.6. The van der Waals surface area contributed by atoms with Crippen LogP contribution < -0.4 is 5.32 Å². The Labute approximate surface area is 197 Å². The Morgan fingerprint density at radius 3 is 2.62 bits per heavy atom. The molecule has 0 atom stereocenters. The van der Waals surface area contributed by atoms with Gasteiger partial charge in [-0.1, -0.05) is 30.3 Å². The van der Waals surface area contributed by atoms with Gasteiger partial charge in [-0.2, -0.15) is 5.10 Å². The van der Waals surface area contributed by atoms with Crippen molar-refractivity contribution < 1.29 is 18.8 Å². The number of amides is 3. The Bertz CT molecular complexity index is 1190. The van der Waals surface area contributed by atoms with E-state index in [0.717, 1.165) is 24.1 Å². The number of aromatic nitrogens is 2. The first-order valence-corrected chi connectivity index (χ1v) is 11.6. The second kappa shape index (κ2) is 9.54. The Balaban J connectivity index is 1.39. The normalized spacial score (nSPS) is 15.7. The molecule has 1 aromatic carbocycles. The number of carbonyl (C=O) groups excluding carboxylic acids is 3. The highest BCUT2D eigenvalue weighted by atomic mass is 16.3. The highest BCUT2D eigenvalue weighted by molar-refractivity contribution is 5.98. The van der Waals surface area contributed by atoms with Crippen molar-refractivity contribution in [2.45, 2.75) is 32.4 Å². The third-order valence-corrected chi connectivity index (χ3v) is 6.40. The zero-order chi connectivity index (χ0) is 23.5. The van der Waals surface area contributed by atoms with Crippen LogP contribution in [0, 0.1) is 0 Å². The van der Waals surface area contributed by atoms with Crippen molar-refractivity contribution in [3.63, 3.8) is 0 Å². The topological polar surface area (TPSA) is 101 Å². The van der Waals surface area contributed by atoms with Gasteiger partial charge in [0.1, 0.15) is 6.26 Å². The van der Waals surface area contributed by atoms with E-state index in [1.807, 2.05) is 22.9 Å². The second-order valence-electron chi connectivity index (χ2n) is 8.65. The third-order valence-electron chi connectivity index (χ3n) is 6.40. The number of aryl methyl sites for hydroxylation is 2. The molecule has 4 heterocycles. The lowest BCUT2D eigenvalue weighted by Crippen LogP contribution is -2.50. The molecule has 3 amide bonds. The SMILES string of the molecule is O=C1CN(C(=O)c2nn(CCCc3ccccc3)c3c2CN(C(=O)c2ccoc2)CC3)CCN1. The third kappa shape index (κ3) is 4.46. The van der Waals surface area contributed by atoms with Crippen LogP contribution in [0.1, 0.15) is 44.1 Å². The van der Waals surface area contributed by atoms with Crippen molar-refractivity contribution in [2.24, 2.45) is 0 Å². The lowest BCUT2D eigenvalue weighted by atomic mass is 10.0. The molecule has 3 aromatic rings. The van der Waals surface area contributed by atoms with Gasteiger partial charge in [-0.25, -0.2) is 0 Å². The minimum atomic E-state index is -0.259. The van der Waals surface area contributed by atoms with Crippen molar-refractivity contribution in [3.8, 4) is 0 Å². The fourth-order valence-corrected chi connectivity index (χ4v) is 4.63. The van der Waals surface area contributed by atoms with Crippen LogP contribution in [0.3, 0.4) is 0 Å². The molecule has 5 rings (SSSR count). The van der Waals surface area contributed by atoms with E-state index in [0.29, 0.717) is 50.4 Å². The fraction of sp³-hybridized carbons (Fsp3) is 0.360. The number of furan rings is 1. The second-order valence-corrected chi connectivity index (χ2v) is 8.65.